The normalized spacial score (nSPS) is 16.1. The standard InChI is InChI=1S/C21H22N4O3S.C2H6/c1-2-16-17-8-3-4-12-28-13-10-22-9-11-25-21(27)15-7-5-6-14(19(15)29-25)18(23-16)20(26)24-17;1-2/h3-8,12,22H,2,9-11,13H2,1H3,(H,24,26);1-2H3/b8-3-,12-4+;. The molecule has 0 aliphatic carbocycles. The van der Waals surface area contributed by atoms with Crippen molar-refractivity contribution in [1.29, 1.82) is 0 Å². The van der Waals surface area contributed by atoms with Gasteiger partial charge in [0.2, 0.25) is 0 Å². The summed E-state index contributed by atoms with van der Waals surface area (Å²) in [5.41, 5.74) is 2.18. The molecule has 0 radical (unpaired) electrons. The fourth-order valence-corrected chi connectivity index (χ4v) is 4.37. The zero-order chi connectivity index (χ0) is 22.2. The van der Waals surface area contributed by atoms with E-state index in [0.717, 1.165) is 10.4 Å². The van der Waals surface area contributed by atoms with E-state index in [1.165, 1.54) is 11.5 Å². The first kappa shape index (κ1) is 22.7. The quantitative estimate of drug-likeness (QED) is 0.604. The Kier molecular flexibility index (Phi) is 7.97. The molecule has 1 aromatic carbocycles. The summed E-state index contributed by atoms with van der Waals surface area (Å²) in [4.78, 5) is 33.2. The molecule has 31 heavy (non-hydrogen) atoms. The van der Waals surface area contributed by atoms with E-state index in [2.05, 4.69) is 15.3 Å². The second-order valence-corrected chi connectivity index (χ2v) is 7.65. The van der Waals surface area contributed by atoms with Crippen molar-refractivity contribution in [3.63, 3.8) is 0 Å². The van der Waals surface area contributed by atoms with Crippen LogP contribution in [-0.2, 0) is 17.7 Å². The van der Waals surface area contributed by atoms with Crippen molar-refractivity contribution in [1.82, 2.24) is 19.2 Å². The highest BCUT2D eigenvalue weighted by Crippen LogP contribution is 2.28. The third-order valence-corrected chi connectivity index (χ3v) is 5.91. The molecular formula is C23H28N4O3S. The van der Waals surface area contributed by atoms with E-state index in [4.69, 9.17) is 4.74 Å². The molecule has 2 aliphatic heterocycles. The van der Waals surface area contributed by atoms with E-state index in [0.29, 0.717) is 55.0 Å². The first-order valence-electron chi connectivity index (χ1n) is 10.6. The van der Waals surface area contributed by atoms with Gasteiger partial charge >= 0.3 is 0 Å². The Morgan fingerprint density at radius 1 is 1.19 bits per heavy atom. The molecule has 3 aromatic rings. The number of nitrogens with zero attached hydrogens (tertiary/aromatic N) is 2. The number of aromatic nitrogens is 3. The molecule has 5 rings (SSSR count). The molecule has 0 unspecified atom stereocenters. The molecule has 8 heteroatoms. The summed E-state index contributed by atoms with van der Waals surface area (Å²) >= 11 is 1.37. The van der Waals surface area contributed by atoms with Gasteiger partial charge < -0.3 is 15.0 Å². The zero-order valence-corrected chi connectivity index (χ0v) is 18.9. The van der Waals surface area contributed by atoms with Crippen LogP contribution in [0.2, 0.25) is 0 Å². The number of benzene rings is 1. The first-order chi connectivity index (χ1) is 15.2. The Hall–Kier alpha value is -2.97. The van der Waals surface area contributed by atoms with Crippen molar-refractivity contribution in [2.75, 3.05) is 19.7 Å². The van der Waals surface area contributed by atoms with Crippen molar-refractivity contribution < 1.29 is 4.74 Å². The third kappa shape index (κ3) is 5.03. The van der Waals surface area contributed by atoms with E-state index in [1.54, 1.807) is 28.4 Å². The van der Waals surface area contributed by atoms with Gasteiger partial charge in [-0.25, -0.2) is 4.98 Å². The Labute approximate surface area is 185 Å². The SMILES string of the molecule is CC.CCc1nc2c(=O)[nH]c1/C=C\C=C\OCCNCCn1sc3c-2cccc3c1=O. The molecule has 0 spiro atoms. The second kappa shape index (κ2) is 10.9. The average molecular weight is 441 g/mol. The van der Waals surface area contributed by atoms with Crippen LogP contribution in [0.1, 0.15) is 32.2 Å². The topological polar surface area (TPSA) is 89.0 Å². The Morgan fingerprint density at radius 2 is 2.03 bits per heavy atom. The lowest BCUT2D eigenvalue weighted by Crippen LogP contribution is -2.26. The van der Waals surface area contributed by atoms with Gasteiger partial charge in [-0.1, -0.05) is 50.5 Å². The summed E-state index contributed by atoms with van der Waals surface area (Å²) in [7, 11) is 0. The molecule has 4 bridgehead atoms. The van der Waals surface area contributed by atoms with Gasteiger partial charge in [-0.3, -0.25) is 13.5 Å². The van der Waals surface area contributed by atoms with Gasteiger partial charge in [-0.2, -0.15) is 0 Å². The monoisotopic (exact) mass is 440 g/mol. The minimum absolute atomic E-state index is 0.0440. The van der Waals surface area contributed by atoms with Gasteiger partial charge in [0.25, 0.3) is 11.1 Å². The molecule has 0 saturated heterocycles. The number of allylic oxidation sites excluding steroid dienone is 2. The smallest absolute Gasteiger partial charge is 0.274 e. The number of H-pyrrole nitrogens is 1. The molecule has 2 N–H and O–H groups in total. The molecular weight excluding hydrogens is 412 g/mol. The first-order valence-corrected chi connectivity index (χ1v) is 11.4. The predicted molar refractivity (Wildman–Crippen MR) is 128 cm³/mol. The number of ether oxygens (including phenoxy) is 1. The molecule has 164 valence electrons. The van der Waals surface area contributed by atoms with Crippen molar-refractivity contribution in [3.8, 4) is 11.3 Å². The summed E-state index contributed by atoms with van der Waals surface area (Å²) in [5.74, 6) is 0. The van der Waals surface area contributed by atoms with Crippen LogP contribution in [0.25, 0.3) is 27.4 Å². The minimum atomic E-state index is -0.273. The largest absolute Gasteiger partial charge is 0.500 e. The fraction of sp³-hybridized carbons (Fsp3) is 0.348. The fourth-order valence-electron chi connectivity index (χ4n) is 3.27. The van der Waals surface area contributed by atoms with Crippen LogP contribution in [0.5, 0.6) is 0 Å². The van der Waals surface area contributed by atoms with Crippen LogP contribution in [0, 0.1) is 0 Å². The predicted octanol–water partition coefficient (Wildman–Crippen LogP) is 3.55. The van der Waals surface area contributed by atoms with Gasteiger partial charge in [-0.05, 0) is 24.6 Å². The van der Waals surface area contributed by atoms with E-state index < -0.39 is 0 Å². The summed E-state index contributed by atoms with van der Waals surface area (Å²) in [6.07, 6.45) is 7.69. The van der Waals surface area contributed by atoms with Gasteiger partial charge in [0.15, 0.2) is 0 Å². The third-order valence-electron chi connectivity index (χ3n) is 4.72. The number of aryl methyl sites for hydroxylation is 1. The van der Waals surface area contributed by atoms with Crippen LogP contribution in [0.3, 0.4) is 0 Å². The molecule has 0 saturated carbocycles. The lowest BCUT2D eigenvalue weighted by atomic mass is 10.1. The minimum Gasteiger partial charge on any atom is -0.500 e. The van der Waals surface area contributed by atoms with Crippen LogP contribution in [0.4, 0.5) is 0 Å². The van der Waals surface area contributed by atoms with Crippen molar-refractivity contribution in [2.24, 2.45) is 0 Å². The maximum Gasteiger partial charge on any atom is 0.274 e. The summed E-state index contributed by atoms with van der Waals surface area (Å²) < 4.78 is 7.94. The van der Waals surface area contributed by atoms with Gasteiger partial charge in [0.1, 0.15) is 5.69 Å². The van der Waals surface area contributed by atoms with Crippen LogP contribution in [0.15, 0.2) is 46.2 Å². The maximum atomic E-state index is 12.8. The Balaban J connectivity index is 0.00000132. The van der Waals surface area contributed by atoms with Crippen LogP contribution < -0.4 is 16.4 Å². The molecule has 7 nitrogen and oxygen atoms in total. The van der Waals surface area contributed by atoms with Gasteiger partial charge in [0, 0.05) is 25.2 Å². The lowest BCUT2D eigenvalue weighted by molar-refractivity contribution is 0.249. The number of nitrogens with one attached hydrogen (secondary N) is 2. The highest BCUT2D eigenvalue weighted by Gasteiger charge is 2.17. The number of aromatic amines is 1. The van der Waals surface area contributed by atoms with Crippen molar-refractivity contribution in [3.05, 3.63) is 68.7 Å². The van der Waals surface area contributed by atoms with Gasteiger partial charge in [-0.15, -0.1) is 0 Å². The Bertz CT molecular complexity index is 1200. The van der Waals surface area contributed by atoms with Crippen LogP contribution in [-0.4, -0.2) is 33.6 Å². The molecule has 0 fully saturated rings. The van der Waals surface area contributed by atoms with E-state index in [9.17, 15) is 9.59 Å². The molecule has 4 heterocycles. The molecule has 0 amide bonds. The van der Waals surface area contributed by atoms with E-state index in [1.807, 2.05) is 39.0 Å². The zero-order valence-electron chi connectivity index (χ0n) is 18.1. The number of hydrogen-bond donors (Lipinski definition) is 2. The molecule has 2 aromatic heterocycles. The Morgan fingerprint density at radius 3 is 2.84 bits per heavy atom. The number of hydrogen-bond acceptors (Lipinski definition) is 6. The van der Waals surface area contributed by atoms with E-state index in [-0.39, 0.29) is 11.1 Å². The highest BCUT2D eigenvalue weighted by atomic mass is 32.1. The second-order valence-electron chi connectivity index (χ2n) is 6.62. The molecule has 0 atom stereocenters. The summed E-state index contributed by atoms with van der Waals surface area (Å²) in [5, 5.41) is 3.88. The number of rotatable bonds is 1. The van der Waals surface area contributed by atoms with Crippen molar-refractivity contribution >= 4 is 27.7 Å². The summed E-state index contributed by atoms with van der Waals surface area (Å²) in [6.45, 7) is 8.43. The van der Waals surface area contributed by atoms with Crippen molar-refractivity contribution in [2.45, 2.75) is 33.7 Å². The summed E-state index contributed by atoms with van der Waals surface area (Å²) in [6, 6.07) is 5.46. The van der Waals surface area contributed by atoms with Gasteiger partial charge in [0.05, 0.1) is 34.3 Å². The van der Waals surface area contributed by atoms with Crippen LogP contribution >= 0.6 is 11.5 Å². The highest BCUT2D eigenvalue weighted by molar-refractivity contribution is 7.14. The number of fused-ring (bicyclic) bond motifs is 9. The molecule has 2 aliphatic rings. The maximum absolute atomic E-state index is 12.8. The lowest BCUT2D eigenvalue weighted by Gasteiger charge is -2.07. The van der Waals surface area contributed by atoms with E-state index >= 15 is 0 Å². The average Bonchev–Trinajstić information content (AvgIpc) is 3.12.